The lowest BCUT2D eigenvalue weighted by Gasteiger charge is -2.00. The summed E-state index contributed by atoms with van der Waals surface area (Å²) in [6.45, 7) is 0. The van der Waals surface area contributed by atoms with E-state index in [0.29, 0.717) is 12.1 Å². The van der Waals surface area contributed by atoms with E-state index in [1.54, 1.807) is 6.07 Å². The van der Waals surface area contributed by atoms with E-state index in [4.69, 9.17) is 9.68 Å². The van der Waals surface area contributed by atoms with Gasteiger partial charge in [-0.1, -0.05) is 0 Å². The molecule has 0 atom stereocenters. The van der Waals surface area contributed by atoms with Crippen LogP contribution in [0, 0.1) is 28.8 Å². The minimum atomic E-state index is -1.15. The van der Waals surface area contributed by atoms with Gasteiger partial charge in [-0.2, -0.15) is 10.2 Å². The van der Waals surface area contributed by atoms with Gasteiger partial charge >= 0.3 is 0 Å². The van der Waals surface area contributed by atoms with Crippen LogP contribution in [0.5, 0.6) is 0 Å². The summed E-state index contributed by atoms with van der Waals surface area (Å²) in [6, 6.07) is 2.67. The molecule has 2 rings (SSSR count). The molecule has 0 aliphatic carbocycles. The fourth-order valence-corrected chi connectivity index (χ4v) is 1.55. The van der Waals surface area contributed by atoms with Crippen LogP contribution in [0.25, 0.3) is 11.5 Å². The summed E-state index contributed by atoms with van der Waals surface area (Å²) in [5.41, 5.74) is -0.767. The quantitative estimate of drug-likeness (QED) is 0.811. The Morgan fingerprint density at radius 1 is 1.24 bits per heavy atom. The van der Waals surface area contributed by atoms with Crippen molar-refractivity contribution in [1.29, 1.82) is 5.26 Å². The van der Waals surface area contributed by atoms with E-state index >= 15 is 0 Å². The summed E-state index contributed by atoms with van der Waals surface area (Å²) in [5, 5.41) is 8.61. The average molecular weight is 303 g/mol. The molecule has 3 nitrogen and oxygen atoms in total. The van der Waals surface area contributed by atoms with Gasteiger partial charge in [-0.05, 0) is 15.9 Å². The van der Waals surface area contributed by atoms with Crippen molar-refractivity contribution in [3.63, 3.8) is 0 Å². The SMILES string of the molecule is N#Cc1nc(-c2c(F)cc(F)cc2F)oc1Br. The van der Waals surface area contributed by atoms with E-state index in [0.717, 1.165) is 0 Å². The normalized spacial score (nSPS) is 10.3. The lowest BCUT2D eigenvalue weighted by atomic mass is 10.2. The zero-order valence-corrected chi connectivity index (χ0v) is 9.56. The van der Waals surface area contributed by atoms with Crippen molar-refractivity contribution in [2.24, 2.45) is 0 Å². The number of hydrogen-bond acceptors (Lipinski definition) is 3. The Labute approximate surface area is 102 Å². The summed E-state index contributed by atoms with van der Waals surface area (Å²) in [6.07, 6.45) is 0. The van der Waals surface area contributed by atoms with E-state index in [1.165, 1.54) is 0 Å². The van der Waals surface area contributed by atoms with Crippen molar-refractivity contribution in [1.82, 2.24) is 4.98 Å². The van der Waals surface area contributed by atoms with Crippen molar-refractivity contribution in [2.75, 3.05) is 0 Å². The van der Waals surface area contributed by atoms with Crippen molar-refractivity contribution >= 4 is 15.9 Å². The van der Waals surface area contributed by atoms with Gasteiger partial charge in [-0.3, -0.25) is 0 Å². The molecular weight excluding hydrogens is 301 g/mol. The van der Waals surface area contributed by atoms with Gasteiger partial charge in [-0.15, -0.1) is 0 Å². The first kappa shape index (κ1) is 11.7. The Morgan fingerprint density at radius 2 is 1.82 bits per heavy atom. The summed E-state index contributed by atoms with van der Waals surface area (Å²) in [5.74, 6) is -3.78. The second kappa shape index (κ2) is 4.22. The number of hydrogen-bond donors (Lipinski definition) is 0. The minimum absolute atomic E-state index is 0.0434. The molecule has 2 aromatic rings. The van der Waals surface area contributed by atoms with Crippen LogP contribution < -0.4 is 0 Å². The van der Waals surface area contributed by atoms with Crippen molar-refractivity contribution in [3.05, 3.63) is 39.9 Å². The van der Waals surface area contributed by atoms with E-state index in [2.05, 4.69) is 20.9 Å². The number of nitriles is 1. The molecule has 0 N–H and O–H groups in total. The number of aromatic nitrogens is 1. The van der Waals surface area contributed by atoms with Gasteiger partial charge in [0.25, 0.3) is 0 Å². The Bertz CT molecular complexity index is 610. The maximum Gasteiger partial charge on any atom is 0.234 e. The van der Waals surface area contributed by atoms with Crippen LogP contribution in [0.2, 0.25) is 0 Å². The Kier molecular flexibility index (Phi) is 2.90. The second-order valence-electron chi connectivity index (χ2n) is 3.00. The summed E-state index contributed by atoms with van der Waals surface area (Å²) >= 11 is 2.87. The average Bonchev–Trinajstić information content (AvgIpc) is 2.57. The Hall–Kier alpha value is -1.81. The Morgan fingerprint density at radius 3 is 2.29 bits per heavy atom. The smallest absolute Gasteiger partial charge is 0.234 e. The van der Waals surface area contributed by atoms with E-state index in [-0.39, 0.29) is 10.4 Å². The van der Waals surface area contributed by atoms with Gasteiger partial charge in [0.15, 0.2) is 5.69 Å². The molecule has 0 spiro atoms. The molecule has 1 aromatic carbocycles. The predicted octanol–water partition coefficient (Wildman–Crippen LogP) is 3.39. The topological polar surface area (TPSA) is 49.8 Å². The van der Waals surface area contributed by atoms with Crippen molar-refractivity contribution in [2.45, 2.75) is 0 Å². The first-order chi connectivity index (χ1) is 8.02. The molecule has 0 unspecified atom stereocenters. The molecule has 0 amide bonds. The van der Waals surface area contributed by atoms with E-state index < -0.39 is 28.9 Å². The highest BCUT2D eigenvalue weighted by Crippen LogP contribution is 2.29. The predicted molar refractivity (Wildman–Crippen MR) is 54.2 cm³/mol. The zero-order chi connectivity index (χ0) is 12.6. The van der Waals surface area contributed by atoms with Crippen molar-refractivity contribution < 1.29 is 17.6 Å². The van der Waals surface area contributed by atoms with Crippen LogP contribution in [0.4, 0.5) is 13.2 Å². The molecule has 17 heavy (non-hydrogen) atoms. The number of oxazole rings is 1. The number of nitrogens with zero attached hydrogens (tertiary/aromatic N) is 2. The van der Waals surface area contributed by atoms with E-state index in [9.17, 15) is 13.2 Å². The van der Waals surface area contributed by atoms with Gasteiger partial charge in [0.05, 0.1) is 0 Å². The van der Waals surface area contributed by atoms with Gasteiger partial charge in [-0.25, -0.2) is 13.2 Å². The van der Waals surface area contributed by atoms with Gasteiger partial charge in [0.2, 0.25) is 10.6 Å². The summed E-state index contributed by atoms with van der Waals surface area (Å²) in [7, 11) is 0. The second-order valence-corrected chi connectivity index (χ2v) is 3.72. The lowest BCUT2D eigenvalue weighted by Crippen LogP contribution is -1.92. The molecular formula is C10H2BrF3N2O. The molecule has 0 saturated carbocycles. The molecule has 0 radical (unpaired) electrons. The highest BCUT2D eigenvalue weighted by molar-refractivity contribution is 9.10. The van der Waals surface area contributed by atoms with Crippen LogP contribution in [-0.2, 0) is 0 Å². The number of rotatable bonds is 1. The van der Waals surface area contributed by atoms with Crippen LogP contribution >= 0.6 is 15.9 Å². The highest BCUT2D eigenvalue weighted by atomic mass is 79.9. The third-order valence-corrected chi connectivity index (χ3v) is 2.45. The van der Waals surface area contributed by atoms with Crippen LogP contribution in [-0.4, -0.2) is 4.98 Å². The molecule has 0 bridgehead atoms. The van der Waals surface area contributed by atoms with E-state index in [1.807, 2.05) is 0 Å². The molecule has 1 aromatic heterocycles. The van der Waals surface area contributed by atoms with Gasteiger partial charge in [0, 0.05) is 12.1 Å². The minimum Gasteiger partial charge on any atom is -0.428 e. The van der Waals surface area contributed by atoms with Gasteiger partial charge < -0.3 is 4.42 Å². The molecule has 0 aliphatic heterocycles. The monoisotopic (exact) mass is 302 g/mol. The maximum absolute atomic E-state index is 13.4. The summed E-state index contributed by atoms with van der Waals surface area (Å²) in [4.78, 5) is 3.57. The number of halogens is 4. The first-order valence-electron chi connectivity index (χ1n) is 4.24. The Balaban J connectivity index is 2.65. The zero-order valence-electron chi connectivity index (χ0n) is 7.97. The highest BCUT2D eigenvalue weighted by Gasteiger charge is 2.20. The third kappa shape index (κ3) is 2.03. The first-order valence-corrected chi connectivity index (χ1v) is 5.03. The lowest BCUT2D eigenvalue weighted by molar-refractivity contribution is 0.515. The molecule has 1 heterocycles. The van der Waals surface area contributed by atoms with Crippen LogP contribution in [0.3, 0.4) is 0 Å². The molecule has 7 heteroatoms. The standard InChI is InChI=1S/C10H2BrF3N2O/c11-9-7(3-15)16-10(17-9)8-5(13)1-4(12)2-6(8)14/h1-2H. The van der Waals surface area contributed by atoms with Crippen LogP contribution in [0.15, 0.2) is 21.2 Å². The largest absolute Gasteiger partial charge is 0.428 e. The maximum atomic E-state index is 13.4. The molecule has 0 aliphatic rings. The van der Waals surface area contributed by atoms with Gasteiger partial charge in [0.1, 0.15) is 29.1 Å². The van der Waals surface area contributed by atoms with Crippen molar-refractivity contribution in [3.8, 4) is 17.5 Å². The summed E-state index contributed by atoms with van der Waals surface area (Å²) < 4.78 is 44.2. The van der Waals surface area contributed by atoms with Crippen LogP contribution in [0.1, 0.15) is 5.69 Å². The fraction of sp³-hybridized carbons (Fsp3) is 0. The molecule has 0 fully saturated rings. The fourth-order valence-electron chi connectivity index (χ4n) is 1.22. The number of benzene rings is 1. The molecule has 0 saturated heterocycles. The third-order valence-electron chi connectivity index (χ3n) is 1.91. The molecule has 86 valence electrons.